The molecular formula is C12H10BF6NO3. The Morgan fingerprint density at radius 1 is 1.26 bits per heavy atom. The second kappa shape index (κ2) is 6.63. The average molecular weight is 341 g/mol. The summed E-state index contributed by atoms with van der Waals surface area (Å²) in [6.07, 6.45) is -4.11. The normalized spacial score (nSPS) is 12.2. The fraction of sp³-hybridized carbons (Fsp3) is 0.250. The van der Waals surface area contributed by atoms with Gasteiger partial charge in [-0.2, -0.15) is 17.6 Å². The summed E-state index contributed by atoms with van der Waals surface area (Å²) < 4.78 is 79.2. The highest BCUT2D eigenvalue weighted by atomic mass is 19.3. The third kappa shape index (κ3) is 3.50. The van der Waals surface area contributed by atoms with E-state index in [1.807, 2.05) is 0 Å². The van der Waals surface area contributed by atoms with E-state index in [1.165, 1.54) is 0 Å². The Balaban J connectivity index is 3.64. The second-order valence-electron chi connectivity index (χ2n) is 4.33. The molecule has 11 heteroatoms. The Hall–Kier alpha value is -2.01. The summed E-state index contributed by atoms with van der Waals surface area (Å²) in [4.78, 5) is 11.2. The van der Waals surface area contributed by atoms with Crippen LogP contribution in [0.1, 0.15) is 5.56 Å². The van der Waals surface area contributed by atoms with E-state index in [0.717, 1.165) is 12.1 Å². The Bertz CT molecular complexity index is 608. The van der Waals surface area contributed by atoms with Gasteiger partial charge in [0.1, 0.15) is 0 Å². The molecule has 126 valence electrons. The number of carbonyl (C=O) groups excluding carboxylic acids is 1. The van der Waals surface area contributed by atoms with Gasteiger partial charge in [-0.05, 0) is 17.6 Å². The monoisotopic (exact) mass is 341 g/mol. The van der Waals surface area contributed by atoms with Gasteiger partial charge in [0.15, 0.2) is 0 Å². The molecule has 0 saturated carbocycles. The Morgan fingerprint density at radius 2 is 1.83 bits per heavy atom. The predicted octanol–water partition coefficient (Wildman–Crippen LogP) is 1.48. The lowest BCUT2D eigenvalue weighted by molar-refractivity contribution is -0.269. The lowest BCUT2D eigenvalue weighted by atomic mass is 9.74. The minimum absolute atomic E-state index is 0.620. The Morgan fingerprint density at radius 3 is 2.26 bits per heavy atom. The van der Waals surface area contributed by atoms with Crippen LogP contribution >= 0.6 is 0 Å². The maximum atomic E-state index is 14.0. The first kappa shape index (κ1) is 19.0. The van der Waals surface area contributed by atoms with Crippen molar-refractivity contribution in [3.8, 4) is 0 Å². The standard InChI is InChI=1S/C12H10BF6NO3/c1-2-8(21)20-7-5-3-4-6(13(22)23)9(7)11(16,17)12(18,19)10(14)15/h2-5,10,22-23H,1H2,(H,20,21). The first-order chi connectivity index (χ1) is 10.5. The van der Waals surface area contributed by atoms with Gasteiger partial charge in [0.25, 0.3) is 0 Å². The molecule has 0 saturated heterocycles. The van der Waals surface area contributed by atoms with E-state index < -0.39 is 48.0 Å². The van der Waals surface area contributed by atoms with E-state index in [1.54, 1.807) is 5.32 Å². The zero-order valence-corrected chi connectivity index (χ0v) is 11.2. The maximum Gasteiger partial charge on any atom is 0.489 e. The van der Waals surface area contributed by atoms with E-state index in [2.05, 4.69) is 6.58 Å². The predicted molar refractivity (Wildman–Crippen MR) is 69.9 cm³/mol. The van der Waals surface area contributed by atoms with Crippen molar-refractivity contribution in [1.82, 2.24) is 0 Å². The Labute approximate surface area is 126 Å². The summed E-state index contributed by atoms with van der Waals surface area (Å²) in [7, 11) is -2.66. The van der Waals surface area contributed by atoms with Crippen LogP contribution in [0, 0.1) is 0 Å². The van der Waals surface area contributed by atoms with Crippen LogP contribution in [0.25, 0.3) is 0 Å². The molecule has 0 radical (unpaired) electrons. The minimum atomic E-state index is -5.81. The maximum absolute atomic E-state index is 14.0. The lowest BCUT2D eigenvalue weighted by Gasteiger charge is -2.29. The molecule has 0 heterocycles. The molecule has 0 fully saturated rings. The molecule has 23 heavy (non-hydrogen) atoms. The zero-order valence-electron chi connectivity index (χ0n) is 11.2. The van der Waals surface area contributed by atoms with Gasteiger partial charge in [0.05, 0.1) is 11.3 Å². The lowest BCUT2D eigenvalue weighted by Crippen LogP contribution is -2.49. The van der Waals surface area contributed by atoms with Gasteiger partial charge < -0.3 is 15.4 Å². The summed E-state index contributed by atoms with van der Waals surface area (Å²) in [5.41, 5.74) is -3.96. The van der Waals surface area contributed by atoms with Crippen LogP contribution < -0.4 is 10.8 Å². The van der Waals surface area contributed by atoms with Crippen molar-refractivity contribution in [3.63, 3.8) is 0 Å². The van der Waals surface area contributed by atoms with Crippen molar-refractivity contribution in [1.29, 1.82) is 0 Å². The first-order valence-electron chi connectivity index (χ1n) is 5.93. The highest BCUT2D eigenvalue weighted by molar-refractivity contribution is 6.59. The molecule has 1 amide bonds. The average Bonchev–Trinajstić information content (AvgIpc) is 2.46. The molecule has 0 aromatic heterocycles. The molecule has 3 N–H and O–H groups in total. The van der Waals surface area contributed by atoms with Gasteiger partial charge in [-0.15, -0.1) is 0 Å². The smallest absolute Gasteiger partial charge is 0.423 e. The molecule has 4 nitrogen and oxygen atoms in total. The molecule has 0 bridgehead atoms. The van der Waals surface area contributed by atoms with Crippen molar-refractivity contribution in [3.05, 3.63) is 36.4 Å². The summed E-state index contributed by atoms with van der Waals surface area (Å²) in [6, 6.07) is 2.28. The number of nitrogens with one attached hydrogen (secondary N) is 1. The molecular weight excluding hydrogens is 331 g/mol. The number of rotatable bonds is 6. The van der Waals surface area contributed by atoms with Crippen LogP contribution in [-0.4, -0.2) is 35.4 Å². The molecule has 0 unspecified atom stereocenters. The molecule has 1 aromatic rings. The van der Waals surface area contributed by atoms with Gasteiger partial charge in [0, 0.05) is 0 Å². The van der Waals surface area contributed by atoms with Crippen molar-refractivity contribution >= 4 is 24.2 Å². The number of hydrogen-bond acceptors (Lipinski definition) is 3. The van der Waals surface area contributed by atoms with E-state index >= 15 is 0 Å². The molecule has 1 rings (SSSR count). The van der Waals surface area contributed by atoms with Crippen LogP contribution in [-0.2, 0) is 10.7 Å². The summed E-state index contributed by atoms with van der Waals surface area (Å²) >= 11 is 0. The van der Waals surface area contributed by atoms with Crippen LogP contribution in [0.4, 0.5) is 32.0 Å². The fourth-order valence-corrected chi connectivity index (χ4v) is 1.73. The van der Waals surface area contributed by atoms with Crippen molar-refractivity contribution < 1.29 is 41.2 Å². The number of hydrogen-bond donors (Lipinski definition) is 3. The number of halogens is 6. The summed E-state index contributed by atoms with van der Waals surface area (Å²) in [6.45, 7) is 3.02. The quantitative estimate of drug-likeness (QED) is 0.417. The third-order valence-corrected chi connectivity index (χ3v) is 2.82. The van der Waals surface area contributed by atoms with Crippen molar-refractivity contribution in [2.45, 2.75) is 18.3 Å². The van der Waals surface area contributed by atoms with E-state index in [0.29, 0.717) is 12.1 Å². The van der Waals surface area contributed by atoms with E-state index in [-0.39, 0.29) is 0 Å². The molecule has 0 aliphatic carbocycles. The topological polar surface area (TPSA) is 69.6 Å². The summed E-state index contributed by atoms with van der Waals surface area (Å²) in [5, 5.41) is 19.8. The molecule has 0 aliphatic heterocycles. The van der Waals surface area contributed by atoms with E-state index in [9.17, 15) is 31.1 Å². The van der Waals surface area contributed by atoms with Crippen LogP contribution in [0.15, 0.2) is 30.9 Å². The zero-order chi connectivity index (χ0) is 18.0. The van der Waals surface area contributed by atoms with Crippen LogP contribution in [0.3, 0.4) is 0 Å². The molecule has 0 atom stereocenters. The van der Waals surface area contributed by atoms with Crippen molar-refractivity contribution in [2.24, 2.45) is 0 Å². The Kier molecular flexibility index (Phi) is 5.49. The highest BCUT2D eigenvalue weighted by Crippen LogP contribution is 2.48. The number of anilines is 1. The second-order valence-corrected chi connectivity index (χ2v) is 4.33. The SMILES string of the molecule is C=CC(=O)Nc1cccc(B(O)O)c1C(F)(F)C(F)(F)C(F)F. The summed E-state index contributed by atoms with van der Waals surface area (Å²) in [5.74, 6) is -12.4. The van der Waals surface area contributed by atoms with Gasteiger partial charge in [-0.1, -0.05) is 18.7 Å². The molecule has 0 spiro atoms. The van der Waals surface area contributed by atoms with Gasteiger partial charge in [-0.3, -0.25) is 4.79 Å². The number of carbonyl (C=O) groups is 1. The van der Waals surface area contributed by atoms with Gasteiger partial charge in [-0.25, -0.2) is 8.78 Å². The minimum Gasteiger partial charge on any atom is -0.423 e. The van der Waals surface area contributed by atoms with E-state index in [4.69, 9.17) is 10.0 Å². The largest absolute Gasteiger partial charge is 0.489 e. The third-order valence-electron chi connectivity index (χ3n) is 2.82. The number of benzene rings is 1. The number of amides is 1. The molecule has 1 aromatic carbocycles. The van der Waals surface area contributed by atoms with Gasteiger partial charge in [0.2, 0.25) is 5.91 Å². The van der Waals surface area contributed by atoms with Gasteiger partial charge >= 0.3 is 25.4 Å². The highest BCUT2D eigenvalue weighted by Gasteiger charge is 2.65. The fourth-order valence-electron chi connectivity index (χ4n) is 1.73. The molecule has 0 aliphatic rings. The van der Waals surface area contributed by atoms with Crippen molar-refractivity contribution in [2.75, 3.05) is 5.32 Å². The van der Waals surface area contributed by atoms with Crippen LogP contribution in [0.5, 0.6) is 0 Å². The number of alkyl halides is 6. The van der Waals surface area contributed by atoms with Crippen LogP contribution in [0.2, 0.25) is 0 Å². The first-order valence-corrected chi connectivity index (χ1v) is 5.93.